The van der Waals surface area contributed by atoms with Crippen molar-refractivity contribution in [3.8, 4) is 0 Å². The molecule has 0 fully saturated rings. The van der Waals surface area contributed by atoms with Crippen LogP contribution in [0.1, 0.15) is 41.1 Å². The van der Waals surface area contributed by atoms with Gasteiger partial charge in [-0.2, -0.15) is 0 Å². The molecule has 0 spiro atoms. The molecule has 92 valence electrons. The summed E-state index contributed by atoms with van der Waals surface area (Å²) in [4.78, 5) is 24.0. The number of carboxylic acids is 1. The van der Waals surface area contributed by atoms with E-state index in [-0.39, 0.29) is 11.8 Å². The van der Waals surface area contributed by atoms with Crippen molar-refractivity contribution in [1.82, 2.24) is 0 Å². The predicted octanol–water partition coefficient (Wildman–Crippen LogP) is 2.53. The number of rotatable bonds is 3. The van der Waals surface area contributed by atoms with E-state index in [0.29, 0.717) is 10.6 Å². The summed E-state index contributed by atoms with van der Waals surface area (Å²) < 4.78 is 0. The van der Waals surface area contributed by atoms with E-state index in [9.17, 15) is 14.7 Å². The van der Waals surface area contributed by atoms with Gasteiger partial charge < -0.3 is 10.4 Å². The van der Waals surface area contributed by atoms with E-state index in [1.54, 1.807) is 13.8 Å². The van der Waals surface area contributed by atoms with Gasteiger partial charge in [0.25, 0.3) is 0 Å². The van der Waals surface area contributed by atoms with E-state index < -0.39 is 5.97 Å². The SMILES string of the molecule is CC(C)C(=O)Nc1sc2c(c1C(=O)O)CCC2. The van der Waals surface area contributed by atoms with Crippen molar-refractivity contribution < 1.29 is 14.7 Å². The highest BCUT2D eigenvalue weighted by atomic mass is 32.1. The molecule has 0 saturated carbocycles. The van der Waals surface area contributed by atoms with Gasteiger partial charge in [-0.1, -0.05) is 13.8 Å². The molecule has 2 rings (SSSR count). The van der Waals surface area contributed by atoms with Crippen LogP contribution in [-0.2, 0) is 17.6 Å². The number of amides is 1. The van der Waals surface area contributed by atoms with Crippen molar-refractivity contribution in [2.24, 2.45) is 5.92 Å². The Morgan fingerprint density at radius 1 is 1.35 bits per heavy atom. The largest absolute Gasteiger partial charge is 0.478 e. The number of carbonyl (C=O) groups excluding carboxylic acids is 1. The molecular formula is C12H15NO3S. The molecule has 1 amide bonds. The van der Waals surface area contributed by atoms with Crippen LogP contribution >= 0.6 is 11.3 Å². The standard InChI is InChI=1S/C12H15NO3S/c1-6(2)10(14)13-11-9(12(15)16)7-4-3-5-8(7)17-11/h6H,3-5H2,1-2H3,(H,13,14)(H,15,16). The molecular weight excluding hydrogens is 238 g/mol. The first-order chi connectivity index (χ1) is 8.00. The summed E-state index contributed by atoms with van der Waals surface area (Å²) in [6.45, 7) is 3.58. The van der Waals surface area contributed by atoms with Crippen molar-refractivity contribution in [1.29, 1.82) is 0 Å². The first kappa shape index (κ1) is 12.1. The van der Waals surface area contributed by atoms with Gasteiger partial charge >= 0.3 is 5.97 Å². The molecule has 5 heteroatoms. The van der Waals surface area contributed by atoms with Gasteiger partial charge in [-0.3, -0.25) is 4.79 Å². The van der Waals surface area contributed by atoms with Gasteiger partial charge in [0.15, 0.2) is 0 Å². The summed E-state index contributed by atoms with van der Waals surface area (Å²) in [7, 11) is 0. The Morgan fingerprint density at radius 3 is 2.65 bits per heavy atom. The number of hydrogen-bond acceptors (Lipinski definition) is 3. The Kier molecular flexibility index (Phi) is 3.19. The van der Waals surface area contributed by atoms with Crippen LogP contribution in [0.25, 0.3) is 0 Å². The first-order valence-corrected chi connectivity index (χ1v) is 6.51. The van der Waals surface area contributed by atoms with Crippen LogP contribution in [0.5, 0.6) is 0 Å². The number of anilines is 1. The fourth-order valence-electron chi connectivity index (χ4n) is 1.97. The Hall–Kier alpha value is -1.36. The zero-order chi connectivity index (χ0) is 12.6. The molecule has 0 saturated heterocycles. The molecule has 17 heavy (non-hydrogen) atoms. The lowest BCUT2D eigenvalue weighted by atomic mass is 10.1. The second-order valence-electron chi connectivity index (χ2n) is 4.51. The summed E-state index contributed by atoms with van der Waals surface area (Å²) in [5.41, 5.74) is 1.22. The van der Waals surface area contributed by atoms with Crippen LogP contribution in [0, 0.1) is 5.92 Å². The van der Waals surface area contributed by atoms with Crippen LogP contribution in [-0.4, -0.2) is 17.0 Å². The van der Waals surface area contributed by atoms with Crippen LogP contribution in [0.4, 0.5) is 5.00 Å². The van der Waals surface area contributed by atoms with E-state index in [1.807, 2.05) is 0 Å². The molecule has 1 aromatic rings. The number of thiophene rings is 1. The Bertz CT molecular complexity index is 476. The number of nitrogens with one attached hydrogen (secondary N) is 1. The molecule has 0 bridgehead atoms. The van der Waals surface area contributed by atoms with Crippen LogP contribution in [0.3, 0.4) is 0 Å². The molecule has 4 nitrogen and oxygen atoms in total. The summed E-state index contributed by atoms with van der Waals surface area (Å²) in [5.74, 6) is -1.22. The summed E-state index contributed by atoms with van der Waals surface area (Å²) in [6, 6.07) is 0. The molecule has 0 aliphatic heterocycles. The maximum atomic E-state index is 11.6. The number of carboxylic acid groups (broad SMARTS) is 1. The maximum Gasteiger partial charge on any atom is 0.339 e. The number of aryl methyl sites for hydroxylation is 1. The molecule has 1 aromatic heterocycles. The van der Waals surface area contributed by atoms with Crippen molar-refractivity contribution >= 4 is 28.2 Å². The van der Waals surface area contributed by atoms with Crippen molar-refractivity contribution in [2.45, 2.75) is 33.1 Å². The third kappa shape index (κ3) is 2.20. The molecule has 0 atom stereocenters. The van der Waals surface area contributed by atoms with Gasteiger partial charge in [-0.15, -0.1) is 11.3 Å². The third-order valence-corrected chi connectivity index (χ3v) is 4.10. The average molecular weight is 253 g/mol. The smallest absolute Gasteiger partial charge is 0.339 e. The second-order valence-corrected chi connectivity index (χ2v) is 5.62. The molecule has 1 aliphatic rings. The average Bonchev–Trinajstić information content (AvgIpc) is 2.75. The fraction of sp³-hybridized carbons (Fsp3) is 0.500. The minimum atomic E-state index is -0.941. The van der Waals surface area contributed by atoms with Crippen LogP contribution in [0.2, 0.25) is 0 Å². The van der Waals surface area contributed by atoms with E-state index in [1.165, 1.54) is 11.3 Å². The lowest BCUT2D eigenvalue weighted by molar-refractivity contribution is -0.118. The molecule has 0 radical (unpaired) electrons. The lowest BCUT2D eigenvalue weighted by Gasteiger charge is -2.07. The van der Waals surface area contributed by atoms with Gasteiger partial charge in [-0.25, -0.2) is 4.79 Å². The van der Waals surface area contributed by atoms with Gasteiger partial charge in [0, 0.05) is 10.8 Å². The summed E-state index contributed by atoms with van der Waals surface area (Å²) in [6.07, 6.45) is 2.75. The number of aromatic carboxylic acids is 1. The molecule has 1 aliphatic carbocycles. The maximum absolute atomic E-state index is 11.6. The van der Waals surface area contributed by atoms with Gasteiger partial charge in [-0.05, 0) is 24.8 Å². The lowest BCUT2D eigenvalue weighted by Crippen LogP contribution is -2.18. The number of hydrogen-bond donors (Lipinski definition) is 2. The number of carbonyl (C=O) groups is 2. The van der Waals surface area contributed by atoms with Crippen molar-refractivity contribution in [2.75, 3.05) is 5.32 Å². The molecule has 0 unspecified atom stereocenters. The van der Waals surface area contributed by atoms with Crippen molar-refractivity contribution in [3.63, 3.8) is 0 Å². The second kappa shape index (κ2) is 4.49. The quantitative estimate of drug-likeness (QED) is 0.869. The van der Waals surface area contributed by atoms with E-state index in [2.05, 4.69) is 5.32 Å². The van der Waals surface area contributed by atoms with E-state index >= 15 is 0 Å². The minimum Gasteiger partial charge on any atom is -0.478 e. The normalized spacial score (nSPS) is 13.8. The van der Waals surface area contributed by atoms with E-state index in [4.69, 9.17) is 0 Å². The molecule has 2 N–H and O–H groups in total. The monoisotopic (exact) mass is 253 g/mol. The van der Waals surface area contributed by atoms with Crippen molar-refractivity contribution in [3.05, 3.63) is 16.0 Å². The fourth-order valence-corrected chi connectivity index (χ4v) is 3.26. The predicted molar refractivity (Wildman–Crippen MR) is 66.8 cm³/mol. The summed E-state index contributed by atoms with van der Waals surface area (Å²) >= 11 is 1.41. The molecule has 1 heterocycles. The highest BCUT2D eigenvalue weighted by Crippen LogP contribution is 2.39. The molecule has 0 aromatic carbocycles. The zero-order valence-electron chi connectivity index (χ0n) is 9.87. The Morgan fingerprint density at radius 2 is 2.06 bits per heavy atom. The number of fused-ring (bicyclic) bond motifs is 1. The third-order valence-electron chi connectivity index (χ3n) is 2.90. The van der Waals surface area contributed by atoms with Gasteiger partial charge in [0.05, 0.1) is 5.56 Å². The Balaban J connectivity index is 2.35. The Labute approximate surface area is 104 Å². The van der Waals surface area contributed by atoms with Gasteiger partial charge in [0.1, 0.15) is 5.00 Å². The topological polar surface area (TPSA) is 66.4 Å². The van der Waals surface area contributed by atoms with E-state index in [0.717, 1.165) is 29.7 Å². The van der Waals surface area contributed by atoms with Crippen LogP contribution < -0.4 is 5.32 Å². The highest BCUT2D eigenvalue weighted by molar-refractivity contribution is 7.17. The van der Waals surface area contributed by atoms with Crippen LogP contribution in [0.15, 0.2) is 0 Å². The first-order valence-electron chi connectivity index (χ1n) is 5.69. The van der Waals surface area contributed by atoms with Gasteiger partial charge in [0.2, 0.25) is 5.91 Å². The highest BCUT2D eigenvalue weighted by Gasteiger charge is 2.27. The zero-order valence-corrected chi connectivity index (χ0v) is 10.7. The minimum absolute atomic E-state index is 0.132. The summed E-state index contributed by atoms with van der Waals surface area (Å²) in [5, 5.41) is 12.4.